The van der Waals surface area contributed by atoms with Crippen molar-refractivity contribution in [3.05, 3.63) is 64.7 Å². The first-order valence-corrected chi connectivity index (χ1v) is 8.18. The van der Waals surface area contributed by atoms with E-state index in [9.17, 15) is 0 Å². The van der Waals surface area contributed by atoms with E-state index in [-0.39, 0.29) is 6.10 Å². The Morgan fingerprint density at radius 2 is 1.77 bits per heavy atom. The van der Waals surface area contributed by atoms with Gasteiger partial charge in [-0.15, -0.1) is 0 Å². The molecule has 0 spiro atoms. The molecule has 0 aromatic heterocycles. The zero-order chi connectivity index (χ0) is 15.5. The van der Waals surface area contributed by atoms with E-state index in [1.165, 1.54) is 17.5 Å². The topological polar surface area (TPSA) is 12.5 Å². The van der Waals surface area contributed by atoms with Crippen molar-refractivity contribution < 1.29 is 4.74 Å². The summed E-state index contributed by atoms with van der Waals surface area (Å²) in [5.41, 5.74) is 2.73. The predicted octanol–water partition coefficient (Wildman–Crippen LogP) is 4.73. The maximum Gasteiger partial charge on any atom is 0.125 e. The highest BCUT2D eigenvalue weighted by atomic mass is 35.5. The Bertz CT molecular complexity index is 624. The van der Waals surface area contributed by atoms with Crippen LogP contribution >= 0.6 is 11.6 Å². The normalized spacial score (nSPS) is 21.3. The van der Waals surface area contributed by atoms with Crippen LogP contribution in [0, 0.1) is 0 Å². The second kappa shape index (κ2) is 6.72. The van der Waals surface area contributed by atoms with Crippen LogP contribution in [0.4, 0.5) is 0 Å². The van der Waals surface area contributed by atoms with E-state index in [0.29, 0.717) is 6.04 Å². The summed E-state index contributed by atoms with van der Waals surface area (Å²) in [4.78, 5) is 2.31. The lowest BCUT2D eigenvalue weighted by Crippen LogP contribution is -2.30. The third kappa shape index (κ3) is 3.45. The fourth-order valence-electron chi connectivity index (χ4n) is 3.15. The number of rotatable bonds is 3. The van der Waals surface area contributed by atoms with Crippen molar-refractivity contribution in [1.82, 2.24) is 4.90 Å². The van der Waals surface area contributed by atoms with Crippen molar-refractivity contribution in [2.45, 2.75) is 31.4 Å². The number of aryl methyl sites for hydroxylation is 1. The van der Waals surface area contributed by atoms with Crippen molar-refractivity contribution >= 4 is 11.6 Å². The van der Waals surface area contributed by atoms with Gasteiger partial charge in [0.15, 0.2) is 0 Å². The Hall–Kier alpha value is -1.51. The van der Waals surface area contributed by atoms with Crippen LogP contribution in [0.25, 0.3) is 0 Å². The number of hydrogen-bond acceptors (Lipinski definition) is 2. The standard InChI is InChI=1S/C19H22ClNO/c1-21(2)16-10-7-14-5-3-4-6-18(14)19(13-16)22-17-11-8-15(20)9-12-17/h3-6,8-9,11-12,16,19H,7,10,13H2,1-2H3/t16-,19-/m1/s1. The van der Waals surface area contributed by atoms with Gasteiger partial charge in [0, 0.05) is 17.5 Å². The molecule has 0 unspecified atom stereocenters. The molecule has 0 aliphatic heterocycles. The summed E-state index contributed by atoms with van der Waals surface area (Å²) >= 11 is 5.96. The number of fused-ring (bicyclic) bond motifs is 1. The Labute approximate surface area is 137 Å². The van der Waals surface area contributed by atoms with Gasteiger partial charge in [-0.3, -0.25) is 0 Å². The number of hydrogen-bond donors (Lipinski definition) is 0. The molecule has 3 rings (SSSR count). The molecule has 3 heteroatoms. The van der Waals surface area contributed by atoms with Crippen LogP contribution in [0.1, 0.15) is 30.1 Å². The summed E-state index contributed by atoms with van der Waals surface area (Å²) in [5.74, 6) is 0.878. The fourth-order valence-corrected chi connectivity index (χ4v) is 3.27. The van der Waals surface area contributed by atoms with Crippen molar-refractivity contribution in [1.29, 1.82) is 0 Å². The maximum atomic E-state index is 6.31. The van der Waals surface area contributed by atoms with Crippen LogP contribution in [0.5, 0.6) is 5.75 Å². The number of nitrogens with zero attached hydrogens (tertiary/aromatic N) is 1. The lowest BCUT2D eigenvalue weighted by molar-refractivity contribution is 0.147. The molecule has 2 nitrogen and oxygen atoms in total. The van der Waals surface area contributed by atoms with E-state index in [2.05, 4.69) is 43.3 Å². The van der Waals surface area contributed by atoms with Gasteiger partial charge in [0.25, 0.3) is 0 Å². The van der Waals surface area contributed by atoms with E-state index in [1.54, 1.807) is 0 Å². The van der Waals surface area contributed by atoms with Crippen LogP contribution < -0.4 is 4.74 Å². The van der Waals surface area contributed by atoms with Crippen molar-refractivity contribution in [3.8, 4) is 5.75 Å². The quantitative estimate of drug-likeness (QED) is 0.759. The number of halogens is 1. The minimum Gasteiger partial charge on any atom is -0.486 e. The molecule has 2 aromatic rings. The van der Waals surface area contributed by atoms with Gasteiger partial charge < -0.3 is 9.64 Å². The van der Waals surface area contributed by atoms with E-state index in [4.69, 9.17) is 16.3 Å². The molecule has 22 heavy (non-hydrogen) atoms. The van der Waals surface area contributed by atoms with Crippen LogP contribution in [0.2, 0.25) is 5.02 Å². The molecule has 0 amide bonds. The molecule has 0 heterocycles. The molecular formula is C19H22ClNO. The SMILES string of the molecule is CN(C)[C@@H]1CCc2ccccc2[C@H](Oc2ccc(Cl)cc2)C1. The van der Waals surface area contributed by atoms with E-state index < -0.39 is 0 Å². The lowest BCUT2D eigenvalue weighted by atomic mass is 10.0. The zero-order valence-corrected chi connectivity index (χ0v) is 13.9. The van der Waals surface area contributed by atoms with Gasteiger partial charge in [0.05, 0.1) is 0 Å². The minimum atomic E-state index is 0.0901. The Kier molecular flexibility index (Phi) is 4.70. The molecule has 0 bridgehead atoms. The highest BCUT2D eigenvalue weighted by Crippen LogP contribution is 2.34. The summed E-state index contributed by atoms with van der Waals surface area (Å²) < 4.78 is 6.31. The van der Waals surface area contributed by atoms with Crippen LogP contribution in [0.15, 0.2) is 48.5 Å². The smallest absolute Gasteiger partial charge is 0.125 e. The van der Waals surface area contributed by atoms with Gasteiger partial charge in [-0.05, 0) is 62.3 Å². The molecule has 0 saturated heterocycles. The molecule has 2 atom stereocenters. The summed E-state index contributed by atoms with van der Waals surface area (Å²) in [6.07, 6.45) is 3.38. The Balaban J connectivity index is 1.89. The Morgan fingerprint density at radius 3 is 2.50 bits per heavy atom. The fraction of sp³-hybridized carbons (Fsp3) is 0.368. The average molecular weight is 316 g/mol. The first kappa shape index (κ1) is 15.4. The largest absolute Gasteiger partial charge is 0.486 e. The molecule has 116 valence electrons. The van der Waals surface area contributed by atoms with Crippen LogP contribution in [-0.2, 0) is 6.42 Å². The predicted molar refractivity (Wildman–Crippen MR) is 91.7 cm³/mol. The molecule has 0 radical (unpaired) electrons. The van der Waals surface area contributed by atoms with E-state index in [0.717, 1.165) is 23.6 Å². The molecular weight excluding hydrogens is 294 g/mol. The summed E-state index contributed by atoms with van der Waals surface area (Å²) in [7, 11) is 4.31. The van der Waals surface area contributed by atoms with Crippen molar-refractivity contribution in [2.75, 3.05) is 14.1 Å². The molecule has 0 N–H and O–H groups in total. The van der Waals surface area contributed by atoms with Gasteiger partial charge in [-0.1, -0.05) is 35.9 Å². The second-order valence-electron chi connectivity index (χ2n) is 6.15. The summed E-state index contributed by atoms with van der Waals surface area (Å²) in [5, 5.41) is 0.736. The van der Waals surface area contributed by atoms with Gasteiger partial charge in [-0.25, -0.2) is 0 Å². The number of benzene rings is 2. The molecule has 1 aliphatic rings. The molecule has 0 fully saturated rings. The lowest BCUT2D eigenvalue weighted by Gasteiger charge is -2.27. The minimum absolute atomic E-state index is 0.0901. The highest BCUT2D eigenvalue weighted by Gasteiger charge is 2.26. The first-order valence-electron chi connectivity index (χ1n) is 7.80. The van der Waals surface area contributed by atoms with Crippen molar-refractivity contribution in [2.24, 2.45) is 0 Å². The van der Waals surface area contributed by atoms with Gasteiger partial charge >= 0.3 is 0 Å². The molecule has 0 saturated carbocycles. The first-order chi connectivity index (χ1) is 10.6. The third-order valence-corrected chi connectivity index (χ3v) is 4.71. The van der Waals surface area contributed by atoms with E-state index >= 15 is 0 Å². The third-order valence-electron chi connectivity index (χ3n) is 4.46. The zero-order valence-electron chi connectivity index (χ0n) is 13.1. The monoisotopic (exact) mass is 315 g/mol. The second-order valence-corrected chi connectivity index (χ2v) is 6.59. The number of ether oxygens (including phenoxy) is 1. The van der Waals surface area contributed by atoms with Gasteiger partial charge in [0.2, 0.25) is 0 Å². The van der Waals surface area contributed by atoms with Crippen LogP contribution in [-0.4, -0.2) is 25.0 Å². The van der Waals surface area contributed by atoms with E-state index in [1.807, 2.05) is 24.3 Å². The maximum absolute atomic E-state index is 6.31. The Morgan fingerprint density at radius 1 is 1.05 bits per heavy atom. The van der Waals surface area contributed by atoms with Crippen molar-refractivity contribution in [3.63, 3.8) is 0 Å². The van der Waals surface area contributed by atoms with Crippen LogP contribution in [0.3, 0.4) is 0 Å². The van der Waals surface area contributed by atoms with Gasteiger partial charge in [0.1, 0.15) is 11.9 Å². The van der Waals surface area contributed by atoms with Gasteiger partial charge in [-0.2, -0.15) is 0 Å². The molecule has 1 aliphatic carbocycles. The molecule has 2 aromatic carbocycles. The summed E-state index contributed by atoms with van der Waals surface area (Å²) in [6, 6.07) is 16.8. The highest BCUT2D eigenvalue weighted by molar-refractivity contribution is 6.30. The summed E-state index contributed by atoms with van der Waals surface area (Å²) in [6.45, 7) is 0. The average Bonchev–Trinajstić information content (AvgIpc) is 2.70.